The van der Waals surface area contributed by atoms with Gasteiger partial charge in [-0.1, -0.05) is 0 Å². The first-order valence-electron chi connectivity index (χ1n) is 6.96. The van der Waals surface area contributed by atoms with E-state index in [4.69, 9.17) is 4.74 Å². The van der Waals surface area contributed by atoms with E-state index in [0.717, 1.165) is 6.42 Å². The Hall–Kier alpha value is 0.890. The minimum atomic E-state index is -0.271. The zero-order chi connectivity index (χ0) is 14.1. The van der Waals surface area contributed by atoms with Crippen molar-refractivity contribution in [2.24, 2.45) is 16.7 Å². The summed E-state index contributed by atoms with van der Waals surface area (Å²) in [6.45, 7) is 9.22. The third kappa shape index (κ3) is 2.00. The van der Waals surface area contributed by atoms with Crippen molar-refractivity contribution >= 4 is 28.6 Å². The summed E-state index contributed by atoms with van der Waals surface area (Å²) < 4.78 is 9.83. The van der Waals surface area contributed by atoms with Crippen LogP contribution in [0.5, 0.6) is 0 Å². The van der Waals surface area contributed by atoms with Gasteiger partial charge in [0.15, 0.2) is 0 Å². The molecule has 2 aliphatic carbocycles. The van der Waals surface area contributed by atoms with Crippen LogP contribution in [0, 0.1) is 16.7 Å². The second kappa shape index (κ2) is 4.44. The Morgan fingerprint density at radius 2 is 2.05 bits per heavy atom. The van der Waals surface area contributed by atoms with Gasteiger partial charge in [0.2, 0.25) is 0 Å². The first kappa shape index (κ1) is 14.8. The monoisotopic (exact) mass is 490 g/mol. The van der Waals surface area contributed by atoms with Crippen LogP contribution in [-0.4, -0.2) is 19.5 Å². The van der Waals surface area contributed by atoms with Crippen LogP contribution >= 0.6 is 22.6 Å². The molecule has 1 aliphatic heterocycles. The van der Waals surface area contributed by atoms with Gasteiger partial charge in [-0.15, -0.1) is 0 Å². The Morgan fingerprint density at radius 1 is 1.42 bits per heavy atom. The first-order chi connectivity index (χ1) is 8.71. The van der Waals surface area contributed by atoms with Crippen LogP contribution < -0.4 is 25.0 Å². The van der Waals surface area contributed by atoms with E-state index >= 15 is 0 Å². The van der Waals surface area contributed by atoms with Crippen LogP contribution in [0.3, 0.4) is 0 Å². The molecular weight excluding hydrogens is 468 g/mol. The summed E-state index contributed by atoms with van der Waals surface area (Å²) in [6.07, 6.45) is 3.52. The van der Waals surface area contributed by atoms with E-state index in [1.807, 2.05) is 0 Å². The van der Waals surface area contributed by atoms with Gasteiger partial charge in [-0.3, -0.25) is 0 Å². The summed E-state index contributed by atoms with van der Waals surface area (Å²) in [7, 11) is 0. The van der Waals surface area contributed by atoms with Gasteiger partial charge in [0.25, 0.3) is 0 Å². The predicted octanol–water partition coefficient (Wildman–Crippen LogP) is -0.129. The number of ether oxygens (including phenoxy) is 1. The number of alkyl halides is 2. The average molecular weight is 490 g/mol. The summed E-state index contributed by atoms with van der Waals surface area (Å²) in [6, 6.07) is 0. The molecule has 0 aromatic rings. The minimum absolute atomic E-state index is 0.00220. The zero-order valence-corrected chi connectivity index (χ0v) is 16.2. The van der Waals surface area contributed by atoms with E-state index in [1.165, 1.54) is 12.8 Å². The van der Waals surface area contributed by atoms with Gasteiger partial charge < -0.3 is 0 Å². The third-order valence-electron chi connectivity index (χ3n) is 6.28. The van der Waals surface area contributed by atoms with E-state index in [9.17, 15) is 4.79 Å². The molecule has 0 aromatic heterocycles. The van der Waals surface area contributed by atoms with Gasteiger partial charge in [0, 0.05) is 0 Å². The van der Waals surface area contributed by atoms with Gasteiger partial charge in [-0.05, 0) is 0 Å². The van der Waals surface area contributed by atoms with Crippen LogP contribution in [0.1, 0.15) is 47.0 Å². The normalized spacial score (nSPS) is 48.5. The van der Waals surface area contributed by atoms with Crippen LogP contribution in [0.25, 0.3) is 0 Å². The number of carbonyl (C=O) groups is 1. The second-order valence-corrected chi connectivity index (χ2v) is 11.1. The van der Waals surface area contributed by atoms with Crippen molar-refractivity contribution < 1.29 is 31.0 Å². The van der Waals surface area contributed by atoms with Gasteiger partial charge in [0.05, 0.1) is 0 Å². The van der Waals surface area contributed by atoms with Crippen LogP contribution in [-0.2, 0) is 9.53 Å². The predicted molar refractivity (Wildman–Crippen MR) is 78.5 cm³/mol. The summed E-state index contributed by atoms with van der Waals surface area (Å²) in [5, 5.41) is 0. The van der Waals surface area contributed by atoms with E-state index in [-0.39, 0.29) is 47.8 Å². The van der Waals surface area contributed by atoms with Crippen molar-refractivity contribution in [2.45, 2.75) is 60.5 Å². The van der Waals surface area contributed by atoms with Gasteiger partial charge in [-0.2, -0.15) is 0 Å². The Balaban J connectivity index is 1.79. The number of hydrogen-bond donors (Lipinski definition) is 1. The molecule has 5 atom stereocenters. The molecule has 0 amide bonds. The fourth-order valence-corrected chi connectivity index (χ4v) is 7.38. The number of esters is 1. The van der Waals surface area contributed by atoms with Gasteiger partial charge in [-0.25, -0.2) is 0 Å². The second-order valence-electron chi connectivity index (χ2n) is 7.17. The van der Waals surface area contributed by atoms with Crippen LogP contribution in [0.4, 0.5) is 0 Å². The number of nitrogens with one attached hydrogen (secondary N) is 1. The molecule has 1 N–H and O–H groups in total. The molecular formula is C14H22I2NO2-. The van der Waals surface area contributed by atoms with Crippen molar-refractivity contribution in [3.8, 4) is 0 Å². The van der Waals surface area contributed by atoms with Crippen molar-refractivity contribution in [3.05, 3.63) is 0 Å². The molecule has 3 aliphatic rings. The number of rotatable bonds is 3. The van der Waals surface area contributed by atoms with Crippen molar-refractivity contribution in [3.63, 3.8) is 0 Å². The molecule has 19 heavy (non-hydrogen) atoms. The van der Waals surface area contributed by atoms with Crippen molar-refractivity contribution in [1.82, 2.24) is 3.53 Å². The molecule has 2 saturated carbocycles. The molecule has 0 spiro atoms. The van der Waals surface area contributed by atoms with Gasteiger partial charge >= 0.3 is 140 Å². The molecule has 5 unspecified atom stereocenters. The zero-order valence-electron chi connectivity index (χ0n) is 11.9. The van der Waals surface area contributed by atoms with Crippen LogP contribution in [0.15, 0.2) is 0 Å². The SMILES string of the molecule is CC1(OC(=O)C(I)C2N[I-]2)CC2CCC1(C)C2(C)C. The van der Waals surface area contributed by atoms with Crippen molar-refractivity contribution in [1.29, 1.82) is 0 Å². The quantitative estimate of drug-likeness (QED) is 0.150. The molecule has 3 rings (SSSR count). The van der Waals surface area contributed by atoms with E-state index in [0.29, 0.717) is 9.97 Å². The summed E-state index contributed by atoms with van der Waals surface area (Å²) in [4.78, 5) is 12.4. The molecule has 0 radical (unpaired) electrons. The number of fused-ring (bicyclic) bond motifs is 2. The molecule has 2 bridgehead atoms. The van der Waals surface area contributed by atoms with Crippen molar-refractivity contribution in [2.75, 3.05) is 0 Å². The average Bonchev–Trinajstić information content (AvgIpc) is 3.10. The molecule has 110 valence electrons. The van der Waals surface area contributed by atoms with E-state index in [2.05, 4.69) is 53.8 Å². The maximum absolute atomic E-state index is 12.4. The summed E-state index contributed by atoms with van der Waals surface area (Å²) in [5.74, 6) is 0.705. The Bertz CT molecular complexity index is 424. The van der Waals surface area contributed by atoms with E-state index in [1.54, 1.807) is 0 Å². The Morgan fingerprint density at radius 3 is 2.47 bits per heavy atom. The number of carbonyl (C=O) groups excluding carboxylic acids is 1. The number of hydrogen-bond acceptors (Lipinski definition) is 3. The first-order valence-corrected chi connectivity index (χ1v) is 10.5. The third-order valence-corrected chi connectivity index (χ3v) is 10.9. The Kier molecular flexibility index (Phi) is 3.46. The van der Waals surface area contributed by atoms with E-state index < -0.39 is 0 Å². The molecule has 1 saturated heterocycles. The molecule has 3 nitrogen and oxygen atoms in total. The standard InChI is InChI=1S/C14H22I2NO2/c1-12(2)8-5-6-13(12,3)14(4,7-8)19-11(18)9(15)10-16-17-10/h8-10,17H,5-7H2,1-4H3/q-1. The summed E-state index contributed by atoms with van der Waals surface area (Å²) in [5.41, 5.74) is 0.142. The summed E-state index contributed by atoms with van der Waals surface area (Å²) >= 11 is 2.31. The molecule has 0 aromatic carbocycles. The molecule has 3 fully saturated rings. The fourth-order valence-electron chi connectivity index (χ4n) is 4.29. The number of halogens is 2. The van der Waals surface area contributed by atoms with Crippen LogP contribution in [0.2, 0.25) is 0 Å². The molecule has 1 heterocycles. The van der Waals surface area contributed by atoms with Gasteiger partial charge in [0.1, 0.15) is 0 Å². The fraction of sp³-hybridized carbons (Fsp3) is 0.929. The Labute approximate surface area is 139 Å². The topological polar surface area (TPSA) is 48.2 Å². The molecule has 5 heteroatoms. The maximum atomic E-state index is 12.4.